The van der Waals surface area contributed by atoms with Crippen LogP contribution in [0.4, 0.5) is 5.82 Å². The zero-order valence-corrected chi connectivity index (χ0v) is 23.0. The molecule has 0 spiro atoms. The van der Waals surface area contributed by atoms with Crippen molar-refractivity contribution < 1.29 is 14.6 Å². The van der Waals surface area contributed by atoms with E-state index >= 15 is 0 Å². The molecule has 1 N–H and O–H groups in total. The summed E-state index contributed by atoms with van der Waals surface area (Å²) in [4.78, 5) is 32.4. The molecule has 5 rings (SSSR count). The number of carbonyl (C=O) groups is 1. The summed E-state index contributed by atoms with van der Waals surface area (Å²) in [6.45, 7) is 8.49. The highest BCUT2D eigenvalue weighted by molar-refractivity contribution is 6.34. The predicted octanol–water partition coefficient (Wildman–Crippen LogP) is 4.37. The summed E-state index contributed by atoms with van der Waals surface area (Å²) in [6.07, 6.45) is 1.18. The number of benzene rings is 2. The molecule has 0 unspecified atom stereocenters. The maximum Gasteiger partial charge on any atom is 0.320 e. The van der Waals surface area contributed by atoms with Crippen molar-refractivity contribution in [3.05, 3.63) is 60.1 Å². The number of amides is 1. The third kappa shape index (κ3) is 5.60. The number of nitrogens with zero attached hydrogens (tertiary/aromatic N) is 6. The van der Waals surface area contributed by atoms with E-state index in [0.29, 0.717) is 65.9 Å². The number of likely N-dealkylation sites (N-methyl/N-ethyl adjacent to an activating group) is 1. The van der Waals surface area contributed by atoms with Gasteiger partial charge in [0.1, 0.15) is 17.7 Å². The minimum atomic E-state index is -0.158. The van der Waals surface area contributed by atoms with E-state index < -0.39 is 0 Å². The van der Waals surface area contributed by atoms with Gasteiger partial charge in [-0.15, -0.1) is 0 Å². The van der Waals surface area contributed by atoms with Crippen LogP contribution in [0, 0.1) is 0 Å². The van der Waals surface area contributed by atoms with Crippen LogP contribution in [0.3, 0.4) is 0 Å². The van der Waals surface area contributed by atoms with Gasteiger partial charge in [-0.3, -0.25) is 4.79 Å². The fourth-order valence-corrected chi connectivity index (χ4v) is 5.22. The number of halogens is 1. The first-order valence-electron chi connectivity index (χ1n) is 12.8. The van der Waals surface area contributed by atoms with E-state index in [1.54, 1.807) is 17.0 Å². The van der Waals surface area contributed by atoms with E-state index in [-0.39, 0.29) is 23.8 Å². The number of phenols is 1. The normalized spacial score (nSPS) is 14.7. The van der Waals surface area contributed by atoms with Gasteiger partial charge in [0.2, 0.25) is 5.91 Å². The van der Waals surface area contributed by atoms with Crippen LogP contribution in [0.2, 0.25) is 5.02 Å². The van der Waals surface area contributed by atoms with Gasteiger partial charge < -0.3 is 24.5 Å². The van der Waals surface area contributed by atoms with Crippen molar-refractivity contribution in [3.63, 3.8) is 0 Å². The third-order valence-electron chi connectivity index (χ3n) is 6.70. The summed E-state index contributed by atoms with van der Waals surface area (Å²) in [5, 5.41) is 13.3. The van der Waals surface area contributed by atoms with Crippen LogP contribution in [0.1, 0.15) is 6.92 Å². The highest BCUT2D eigenvalue weighted by atomic mass is 35.5. The standard InChI is InChI=1S/C29H31ClN6O3/c1-5-25(38)35-10-12-36(13-11-35)28-23-16-24(30)26(22-15-20(37)14-19-8-6-7-9-21(19)22)31-27(23)32-29(33-28)39-18(2)17-34(3)4/h5-9,14-16,18,37H,1,10-13,17H2,2-4H3/t18-/m1/s1. The van der Waals surface area contributed by atoms with Crippen LogP contribution in [0.25, 0.3) is 33.1 Å². The lowest BCUT2D eigenvalue weighted by Gasteiger charge is -2.35. The van der Waals surface area contributed by atoms with Crippen LogP contribution in [0.15, 0.2) is 55.1 Å². The minimum Gasteiger partial charge on any atom is -0.508 e. The maximum absolute atomic E-state index is 12.1. The van der Waals surface area contributed by atoms with Gasteiger partial charge in [0.05, 0.1) is 16.1 Å². The summed E-state index contributed by atoms with van der Waals surface area (Å²) in [6, 6.07) is 13.2. The number of anilines is 1. The Balaban J connectivity index is 1.62. The van der Waals surface area contributed by atoms with Crippen molar-refractivity contribution in [3.8, 4) is 23.0 Å². The van der Waals surface area contributed by atoms with Gasteiger partial charge >= 0.3 is 6.01 Å². The summed E-state index contributed by atoms with van der Waals surface area (Å²) in [5.74, 6) is 0.689. The lowest BCUT2D eigenvalue weighted by Crippen LogP contribution is -2.48. The molecule has 202 valence electrons. The number of pyridine rings is 1. The van der Waals surface area contributed by atoms with Gasteiger partial charge in [-0.05, 0) is 56.1 Å². The van der Waals surface area contributed by atoms with Crippen molar-refractivity contribution >= 4 is 45.1 Å². The molecule has 0 radical (unpaired) electrons. The number of piperazine rings is 1. The molecule has 0 saturated carbocycles. The number of aromatic nitrogens is 3. The van der Waals surface area contributed by atoms with Gasteiger partial charge in [0.25, 0.3) is 0 Å². The van der Waals surface area contributed by atoms with Crippen LogP contribution in [-0.2, 0) is 4.79 Å². The second-order valence-electron chi connectivity index (χ2n) is 9.94. The van der Waals surface area contributed by atoms with Crippen LogP contribution in [-0.4, -0.2) is 88.7 Å². The van der Waals surface area contributed by atoms with Gasteiger partial charge in [0, 0.05) is 38.3 Å². The number of phenolic OH excluding ortho intramolecular Hbond substituents is 1. The molecule has 1 aliphatic rings. The topological polar surface area (TPSA) is 94.9 Å². The van der Waals surface area contributed by atoms with Gasteiger partial charge in [0.15, 0.2) is 5.65 Å². The van der Waals surface area contributed by atoms with E-state index in [4.69, 9.17) is 26.3 Å². The molecule has 2 aromatic carbocycles. The molecule has 4 aromatic rings. The number of fused-ring (bicyclic) bond motifs is 2. The Kier molecular flexibility index (Phi) is 7.54. The van der Waals surface area contributed by atoms with Gasteiger partial charge in [-0.2, -0.15) is 9.97 Å². The number of ether oxygens (including phenoxy) is 1. The Morgan fingerprint density at radius 2 is 1.87 bits per heavy atom. The van der Waals surface area contributed by atoms with Crippen molar-refractivity contribution in [1.29, 1.82) is 0 Å². The lowest BCUT2D eigenvalue weighted by molar-refractivity contribution is -0.126. The maximum atomic E-state index is 12.1. The minimum absolute atomic E-state index is 0.0866. The van der Waals surface area contributed by atoms with Gasteiger partial charge in [-0.25, -0.2) is 4.98 Å². The number of hydrogen-bond donors (Lipinski definition) is 1. The Labute approximate surface area is 232 Å². The lowest BCUT2D eigenvalue weighted by atomic mass is 10.0. The quantitative estimate of drug-likeness (QED) is 0.342. The number of carbonyl (C=O) groups excluding carboxylic acids is 1. The van der Waals surface area contributed by atoms with Crippen LogP contribution < -0.4 is 9.64 Å². The average molecular weight is 547 g/mol. The molecule has 1 amide bonds. The van der Waals surface area contributed by atoms with E-state index in [1.807, 2.05) is 56.3 Å². The monoisotopic (exact) mass is 546 g/mol. The van der Waals surface area contributed by atoms with Crippen LogP contribution >= 0.6 is 11.6 Å². The highest BCUT2D eigenvalue weighted by Crippen LogP contribution is 2.38. The van der Waals surface area contributed by atoms with Crippen molar-refractivity contribution in [1.82, 2.24) is 24.8 Å². The fraction of sp³-hybridized carbons (Fsp3) is 0.310. The zero-order valence-electron chi connectivity index (χ0n) is 22.3. The van der Waals surface area contributed by atoms with E-state index in [0.717, 1.165) is 10.8 Å². The molecular weight excluding hydrogens is 516 g/mol. The molecule has 10 heteroatoms. The number of rotatable bonds is 7. The zero-order chi connectivity index (χ0) is 27.7. The Morgan fingerprint density at radius 1 is 1.13 bits per heavy atom. The second kappa shape index (κ2) is 11.0. The molecule has 1 fully saturated rings. The summed E-state index contributed by atoms with van der Waals surface area (Å²) in [7, 11) is 3.96. The van der Waals surface area contributed by atoms with Crippen molar-refractivity contribution in [2.24, 2.45) is 0 Å². The first-order chi connectivity index (χ1) is 18.7. The third-order valence-corrected chi connectivity index (χ3v) is 6.98. The van der Waals surface area contributed by atoms with E-state index in [1.165, 1.54) is 6.08 Å². The molecule has 39 heavy (non-hydrogen) atoms. The highest BCUT2D eigenvalue weighted by Gasteiger charge is 2.25. The summed E-state index contributed by atoms with van der Waals surface area (Å²) >= 11 is 6.85. The molecular formula is C29H31ClN6O3. The molecule has 1 aliphatic heterocycles. The Hall–Kier alpha value is -3.95. The molecule has 1 atom stereocenters. The Morgan fingerprint density at radius 3 is 2.59 bits per heavy atom. The molecule has 2 aromatic heterocycles. The average Bonchev–Trinajstić information content (AvgIpc) is 2.91. The number of aromatic hydroxyl groups is 1. The number of hydrogen-bond acceptors (Lipinski definition) is 8. The summed E-state index contributed by atoms with van der Waals surface area (Å²) < 4.78 is 6.13. The van der Waals surface area contributed by atoms with Crippen LogP contribution in [0.5, 0.6) is 11.8 Å². The first kappa shape index (κ1) is 26.6. The van der Waals surface area contributed by atoms with E-state index in [2.05, 4.69) is 16.5 Å². The SMILES string of the molecule is C=CC(=O)N1CCN(c2nc(O[C@H](C)CN(C)C)nc3nc(-c4cc(O)cc5ccccc45)c(Cl)cc23)CC1. The first-order valence-corrected chi connectivity index (χ1v) is 13.2. The van der Waals surface area contributed by atoms with E-state index in [9.17, 15) is 9.90 Å². The fourth-order valence-electron chi connectivity index (χ4n) is 4.97. The predicted molar refractivity (Wildman–Crippen MR) is 155 cm³/mol. The summed E-state index contributed by atoms with van der Waals surface area (Å²) in [5.41, 5.74) is 1.65. The van der Waals surface area contributed by atoms with Gasteiger partial charge in [-0.1, -0.05) is 42.4 Å². The second-order valence-corrected chi connectivity index (χ2v) is 10.3. The molecule has 9 nitrogen and oxygen atoms in total. The molecule has 1 saturated heterocycles. The molecule has 0 aliphatic carbocycles. The van der Waals surface area contributed by atoms with Crippen molar-refractivity contribution in [2.45, 2.75) is 13.0 Å². The van der Waals surface area contributed by atoms with Crippen molar-refractivity contribution in [2.75, 3.05) is 51.7 Å². The Bertz CT molecular complexity index is 1550. The molecule has 3 heterocycles. The largest absolute Gasteiger partial charge is 0.508 e. The smallest absolute Gasteiger partial charge is 0.320 e. The molecule has 0 bridgehead atoms.